The van der Waals surface area contributed by atoms with E-state index in [-0.39, 0.29) is 0 Å². The lowest BCUT2D eigenvalue weighted by molar-refractivity contribution is 0.172. The van der Waals surface area contributed by atoms with Gasteiger partial charge in [-0.2, -0.15) is 0 Å². The second kappa shape index (κ2) is 11.2. The molecule has 0 aliphatic heterocycles. The lowest BCUT2D eigenvalue weighted by Gasteiger charge is -2.21. The van der Waals surface area contributed by atoms with Gasteiger partial charge in [0.15, 0.2) is 0 Å². The number of carbonyl (C=O) groups excluding carboxylic acids is 1. The zero-order chi connectivity index (χ0) is 22.1. The molecule has 1 atom stereocenters. The van der Waals surface area contributed by atoms with Crippen LogP contribution in [-0.2, 0) is 0 Å². The summed E-state index contributed by atoms with van der Waals surface area (Å²) in [5, 5.41) is 11.8. The maximum absolute atomic E-state index is 11.8. The number of ether oxygens (including phenoxy) is 2. The molecule has 0 saturated heterocycles. The van der Waals surface area contributed by atoms with Crippen LogP contribution in [0, 0.1) is 0 Å². The molecule has 0 radical (unpaired) electrons. The van der Waals surface area contributed by atoms with E-state index in [2.05, 4.69) is 11.9 Å². The number of nitrogens with zero attached hydrogens (tertiary/aromatic N) is 1. The maximum atomic E-state index is 11.8. The number of amides is 2. The van der Waals surface area contributed by atoms with Crippen LogP contribution in [0.25, 0.3) is 6.08 Å². The van der Waals surface area contributed by atoms with Crippen molar-refractivity contribution in [2.24, 2.45) is 0 Å². The minimum atomic E-state index is -1.14. The second-order valence-corrected chi connectivity index (χ2v) is 7.45. The van der Waals surface area contributed by atoms with E-state index in [4.69, 9.17) is 9.47 Å². The first-order valence-electron chi connectivity index (χ1n) is 9.26. The first kappa shape index (κ1) is 23.2. The summed E-state index contributed by atoms with van der Waals surface area (Å²) in [5.74, 6) is 1.07. The number of hydrogen-bond acceptors (Lipinski definition) is 5. The van der Waals surface area contributed by atoms with Crippen molar-refractivity contribution < 1.29 is 24.2 Å². The zero-order valence-electron chi connectivity index (χ0n) is 17.3. The Morgan fingerprint density at radius 2 is 1.87 bits per heavy atom. The monoisotopic (exact) mass is 430 g/mol. The highest BCUT2D eigenvalue weighted by atomic mass is 32.2. The molecule has 0 aliphatic rings. The van der Waals surface area contributed by atoms with Gasteiger partial charge in [0.2, 0.25) is 0 Å². The highest BCUT2D eigenvalue weighted by Crippen LogP contribution is 2.27. The zero-order valence-corrected chi connectivity index (χ0v) is 18.1. The third kappa shape index (κ3) is 6.73. The quantitative estimate of drug-likeness (QED) is 0.551. The number of carboxylic acid groups (broad SMARTS) is 1. The summed E-state index contributed by atoms with van der Waals surface area (Å²) in [6.45, 7) is 4.11. The molecule has 0 saturated carbocycles. The van der Waals surface area contributed by atoms with Gasteiger partial charge < -0.3 is 24.8 Å². The molecule has 7 nitrogen and oxygen atoms in total. The Bertz CT molecular complexity index is 884. The van der Waals surface area contributed by atoms with Crippen molar-refractivity contribution in [3.63, 3.8) is 0 Å². The van der Waals surface area contributed by atoms with Crippen molar-refractivity contribution in [3.05, 3.63) is 60.2 Å². The molecular formula is C22H26N2O5S. The van der Waals surface area contributed by atoms with Crippen LogP contribution in [-0.4, -0.2) is 49.2 Å². The van der Waals surface area contributed by atoms with E-state index < -0.39 is 18.2 Å². The van der Waals surface area contributed by atoms with Crippen LogP contribution in [0.15, 0.2) is 53.9 Å². The first-order chi connectivity index (χ1) is 14.3. The van der Waals surface area contributed by atoms with E-state index in [1.54, 1.807) is 50.1 Å². The predicted molar refractivity (Wildman–Crippen MR) is 118 cm³/mol. The van der Waals surface area contributed by atoms with Gasteiger partial charge in [-0.25, -0.2) is 9.59 Å². The molecule has 2 amide bonds. The third-order valence-electron chi connectivity index (χ3n) is 4.26. The van der Waals surface area contributed by atoms with Gasteiger partial charge in [0.25, 0.3) is 0 Å². The Morgan fingerprint density at radius 3 is 2.43 bits per heavy atom. The lowest BCUT2D eigenvalue weighted by atomic mass is 9.97. The fourth-order valence-electron chi connectivity index (χ4n) is 2.72. The van der Waals surface area contributed by atoms with Gasteiger partial charge in [0, 0.05) is 25.4 Å². The summed E-state index contributed by atoms with van der Waals surface area (Å²) in [4.78, 5) is 25.5. The Hall–Kier alpha value is -3.13. The Kier molecular flexibility index (Phi) is 8.61. The fraction of sp³-hybridized carbons (Fsp3) is 0.273. The Morgan fingerprint density at radius 1 is 1.20 bits per heavy atom. The standard InChI is InChI=1S/C22H26N2O5S/c1-5-15-14-17(29-22(27)24(2)3)8-11-19(15)20(23-21(25)26)12-13-28-16-6-9-18(30-4)10-7-16/h5-11,14,20,23H,1,12-13H2,2-4H3,(H,25,26)/t20-/m1/s1. The summed E-state index contributed by atoms with van der Waals surface area (Å²) in [5.41, 5.74) is 1.39. The Labute approximate surface area is 180 Å². The number of hydrogen-bond donors (Lipinski definition) is 2. The number of thioether (sulfide) groups is 1. The Balaban J connectivity index is 2.13. The average molecular weight is 431 g/mol. The van der Waals surface area contributed by atoms with Crippen LogP contribution >= 0.6 is 11.8 Å². The molecule has 0 unspecified atom stereocenters. The SMILES string of the molecule is C=Cc1cc(OC(=O)N(C)C)ccc1[C@@H](CCOc1ccc(SC)cc1)NC(=O)O. The van der Waals surface area contributed by atoms with E-state index in [0.717, 1.165) is 16.2 Å². The predicted octanol–water partition coefficient (Wildman–Crippen LogP) is 4.89. The van der Waals surface area contributed by atoms with Crippen molar-refractivity contribution in [3.8, 4) is 11.5 Å². The normalized spacial score (nSPS) is 11.3. The number of benzene rings is 2. The van der Waals surface area contributed by atoms with E-state index in [1.807, 2.05) is 30.5 Å². The van der Waals surface area contributed by atoms with Crippen LogP contribution in [0.5, 0.6) is 11.5 Å². The van der Waals surface area contributed by atoms with Crippen LogP contribution in [0.3, 0.4) is 0 Å². The first-order valence-corrected chi connectivity index (χ1v) is 10.5. The fourth-order valence-corrected chi connectivity index (χ4v) is 3.13. The number of nitrogens with one attached hydrogen (secondary N) is 1. The van der Waals surface area contributed by atoms with Crippen LogP contribution in [0.2, 0.25) is 0 Å². The number of rotatable bonds is 9. The minimum absolute atomic E-state index is 0.317. The smallest absolute Gasteiger partial charge is 0.414 e. The molecule has 0 aliphatic carbocycles. The molecule has 30 heavy (non-hydrogen) atoms. The van der Waals surface area contributed by atoms with E-state index >= 15 is 0 Å². The molecule has 0 heterocycles. The van der Waals surface area contributed by atoms with E-state index in [9.17, 15) is 14.7 Å². The number of carbonyl (C=O) groups is 2. The van der Waals surface area contributed by atoms with Crippen molar-refractivity contribution in [2.75, 3.05) is 27.0 Å². The molecule has 160 valence electrons. The molecule has 8 heteroatoms. The van der Waals surface area contributed by atoms with Gasteiger partial charge in [-0.3, -0.25) is 0 Å². The minimum Gasteiger partial charge on any atom is -0.494 e. The summed E-state index contributed by atoms with van der Waals surface area (Å²) < 4.78 is 11.0. The molecule has 2 rings (SSSR count). The maximum Gasteiger partial charge on any atom is 0.414 e. The molecule has 0 spiro atoms. The molecule has 0 aromatic heterocycles. The molecule has 2 aromatic rings. The largest absolute Gasteiger partial charge is 0.494 e. The molecule has 0 bridgehead atoms. The van der Waals surface area contributed by atoms with Gasteiger partial charge in [-0.05, 0) is 53.8 Å². The average Bonchev–Trinajstić information content (AvgIpc) is 2.73. The van der Waals surface area contributed by atoms with E-state index in [0.29, 0.717) is 24.3 Å². The summed E-state index contributed by atoms with van der Waals surface area (Å²) >= 11 is 1.65. The van der Waals surface area contributed by atoms with Crippen LogP contribution < -0.4 is 14.8 Å². The van der Waals surface area contributed by atoms with Gasteiger partial charge >= 0.3 is 12.2 Å². The molecule has 0 fully saturated rings. The van der Waals surface area contributed by atoms with Crippen molar-refractivity contribution >= 4 is 30.0 Å². The second-order valence-electron chi connectivity index (χ2n) is 6.57. The van der Waals surface area contributed by atoms with Crippen molar-refractivity contribution in [1.29, 1.82) is 0 Å². The van der Waals surface area contributed by atoms with Gasteiger partial charge in [-0.15, -0.1) is 11.8 Å². The van der Waals surface area contributed by atoms with Gasteiger partial charge in [-0.1, -0.05) is 18.7 Å². The van der Waals surface area contributed by atoms with Crippen LogP contribution in [0.4, 0.5) is 9.59 Å². The highest BCUT2D eigenvalue weighted by molar-refractivity contribution is 7.98. The highest BCUT2D eigenvalue weighted by Gasteiger charge is 2.18. The lowest BCUT2D eigenvalue weighted by Crippen LogP contribution is -2.29. The third-order valence-corrected chi connectivity index (χ3v) is 5.00. The van der Waals surface area contributed by atoms with Gasteiger partial charge in [0.05, 0.1) is 12.6 Å². The molecular weight excluding hydrogens is 404 g/mol. The van der Waals surface area contributed by atoms with Gasteiger partial charge in [0.1, 0.15) is 11.5 Å². The topological polar surface area (TPSA) is 88.1 Å². The van der Waals surface area contributed by atoms with Crippen molar-refractivity contribution in [1.82, 2.24) is 10.2 Å². The molecule has 2 N–H and O–H groups in total. The van der Waals surface area contributed by atoms with Crippen LogP contribution in [0.1, 0.15) is 23.6 Å². The summed E-state index contributed by atoms with van der Waals surface area (Å²) in [7, 11) is 3.18. The molecule has 2 aromatic carbocycles. The summed E-state index contributed by atoms with van der Waals surface area (Å²) in [6, 6.07) is 12.2. The summed E-state index contributed by atoms with van der Waals surface area (Å²) in [6.07, 6.45) is 2.37. The van der Waals surface area contributed by atoms with Crippen molar-refractivity contribution in [2.45, 2.75) is 17.4 Å². The van der Waals surface area contributed by atoms with E-state index in [1.165, 1.54) is 4.90 Å².